The van der Waals surface area contributed by atoms with Gasteiger partial charge in [0.2, 0.25) is 0 Å². The van der Waals surface area contributed by atoms with Gasteiger partial charge >= 0.3 is 0 Å². The zero-order valence-electron chi connectivity index (χ0n) is 10.2. The highest BCUT2D eigenvalue weighted by Gasteiger charge is 1.98. The third-order valence-electron chi connectivity index (χ3n) is 2.46. The molecule has 0 saturated heterocycles. The fourth-order valence-corrected chi connectivity index (χ4v) is 2.31. The van der Waals surface area contributed by atoms with Crippen molar-refractivity contribution in [2.45, 2.75) is 26.8 Å². The third-order valence-corrected chi connectivity index (χ3v) is 3.49. The molecule has 0 radical (unpaired) electrons. The maximum atomic E-state index is 4.43. The van der Waals surface area contributed by atoms with Gasteiger partial charge in [-0.15, -0.1) is 11.3 Å². The molecule has 0 spiro atoms. The highest BCUT2D eigenvalue weighted by atomic mass is 32.1. The Morgan fingerprint density at radius 1 is 1.29 bits per heavy atom. The zero-order valence-corrected chi connectivity index (χ0v) is 11.0. The second-order valence-electron chi connectivity index (χ2n) is 4.14. The number of pyridine rings is 1. The van der Waals surface area contributed by atoms with Gasteiger partial charge in [0.15, 0.2) is 0 Å². The molecule has 0 unspecified atom stereocenters. The first kappa shape index (κ1) is 12.2. The molecule has 1 N–H and O–H groups in total. The minimum absolute atomic E-state index is 0.824. The second-order valence-corrected chi connectivity index (χ2v) is 5.08. The lowest BCUT2D eigenvalue weighted by atomic mass is 10.3. The van der Waals surface area contributed by atoms with E-state index in [1.54, 1.807) is 11.3 Å². The number of aryl methyl sites for hydroxylation is 2. The average molecular weight is 247 g/mol. The normalized spacial score (nSPS) is 10.7. The first-order chi connectivity index (χ1) is 8.24. The van der Waals surface area contributed by atoms with Crippen LogP contribution in [0.25, 0.3) is 0 Å². The van der Waals surface area contributed by atoms with Gasteiger partial charge in [-0.3, -0.25) is 4.98 Å². The van der Waals surface area contributed by atoms with Gasteiger partial charge in [0.25, 0.3) is 0 Å². The summed E-state index contributed by atoms with van der Waals surface area (Å²) in [5.41, 5.74) is 3.41. The summed E-state index contributed by atoms with van der Waals surface area (Å²) < 4.78 is 0. The SMILES string of the molecule is Cc1ccc(CNCCc2nc(C)cs2)nc1. The lowest BCUT2D eigenvalue weighted by Crippen LogP contribution is -2.17. The van der Waals surface area contributed by atoms with Gasteiger partial charge in [-0.1, -0.05) is 6.07 Å². The molecule has 4 heteroatoms. The van der Waals surface area contributed by atoms with Gasteiger partial charge in [-0.25, -0.2) is 4.98 Å². The maximum absolute atomic E-state index is 4.43. The van der Waals surface area contributed by atoms with Gasteiger partial charge < -0.3 is 5.32 Å². The molecule has 0 aliphatic carbocycles. The van der Waals surface area contributed by atoms with E-state index in [4.69, 9.17) is 0 Å². The Hall–Kier alpha value is -1.26. The summed E-state index contributed by atoms with van der Waals surface area (Å²) in [5, 5.41) is 6.68. The van der Waals surface area contributed by atoms with Crippen molar-refractivity contribution < 1.29 is 0 Å². The molecular weight excluding hydrogens is 230 g/mol. The Kier molecular flexibility index (Phi) is 4.23. The van der Waals surface area contributed by atoms with E-state index in [0.29, 0.717) is 0 Å². The Balaban J connectivity index is 1.71. The number of nitrogens with one attached hydrogen (secondary N) is 1. The number of thiazole rings is 1. The molecule has 2 heterocycles. The minimum Gasteiger partial charge on any atom is -0.311 e. The molecule has 90 valence electrons. The molecule has 0 saturated carbocycles. The van der Waals surface area contributed by atoms with E-state index in [2.05, 4.69) is 39.7 Å². The highest BCUT2D eigenvalue weighted by Crippen LogP contribution is 2.08. The topological polar surface area (TPSA) is 37.8 Å². The van der Waals surface area contributed by atoms with Gasteiger partial charge in [-0.05, 0) is 25.5 Å². The minimum atomic E-state index is 0.824. The molecule has 17 heavy (non-hydrogen) atoms. The number of nitrogens with zero attached hydrogens (tertiary/aromatic N) is 2. The van der Waals surface area contributed by atoms with E-state index >= 15 is 0 Å². The number of hydrogen-bond donors (Lipinski definition) is 1. The van der Waals surface area contributed by atoms with Crippen molar-refractivity contribution in [3.63, 3.8) is 0 Å². The van der Waals surface area contributed by atoms with Crippen LogP contribution >= 0.6 is 11.3 Å². The summed E-state index contributed by atoms with van der Waals surface area (Å²) >= 11 is 1.73. The third kappa shape index (κ3) is 3.91. The summed E-state index contributed by atoms with van der Waals surface area (Å²) in [6, 6.07) is 4.16. The van der Waals surface area contributed by atoms with Gasteiger partial charge in [0.05, 0.1) is 10.7 Å². The van der Waals surface area contributed by atoms with Crippen LogP contribution in [0.5, 0.6) is 0 Å². The number of aromatic nitrogens is 2. The number of rotatable bonds is 5. The molecule has 0 amide bonds. The molecule has 2 aromatic heterocycles. The van der Waals surface area contributed by atoms with Crippen molar-refractivity contribution in [3.05, 3.63) is 45.7 Å². The lowest BCUT2D eigenvalue weighted by Gasteiger charge is -2.03. The van der Waals surface area contributed by atoms with Crippen LogP contribution in [0.1, 0.15) is 22.0 Å². The van der Waals surface area contributed by atoms with E-state index in [0.717, 1.165) is 30.9 Å². The molecule has 3 nitrogen and oxygen atoms in total. The van der Waals surface area contributed by atoms with Crippen molar-refractivity contribution in [1.29, 1.82) is 0 Å². The fourth-order valence-electron chi connectivity index (χ4n) is 1.53. The van der Waals surface area contributed by atoms with E-state index in [1.807, 2.05) is 13.1 Å². The predicted octanol–water partition coefficient (Wildman–Crippen LogP) is 2.49. The first-order valence-electron chi connectivity index (χ1n) is 5.77. The Bertz CT molecular complexity index is 462. The highest BCUT2D eigenvalue weighted by molar-refractivity contribution is 7.09. The molecule has 0 bridgehead atoms. The summed E-state index contributed by atoms with van der Waals surface area (Å²) in [4.78, 5) is 8.78. The monoisotopic (exact) mass is 247 g/mol. The van der Waals surface area contributed by atoms with Crippen LogP contribution in [0, 0.1) is 13.8 Å². The second kappa shape index (κ2) is 5.89. The largest absolute Gasteiger partial charge is 0.311 e. The summed E-state index contributed by atoms with van der Waals surface area (Å²) in [6.45, 7) is 5.85. The van der Waals surface area contributed by atoms with Crippen LogP contribution in [0.4, 0.5) is 0 Å². The fraction of sp³-hybridized carbons (Fsp3) is 0.385. The zero-order chi connectivity index (χ0) is 12.1. The van der Waals surface area contributed by atoms with Crippen LogP contribution in [-0.2, 0) is 13.0 Å². The Morgan fingerprint density at radius 3 is 2.82 bits per heavy atom. The molecule has 0 aliphatic heterocycles. The molecule has 0 fully saturated rings. The molecule has 0 atom stereocenters. The standard InChI is InChI=1S/C13H17N3S/c1-10-3-4-12(15-7-10)8-14-6-5-13-16-11(2)9-17-13/h3-4,7,9,14H,5-6,8H2,1-2H3. The molecule has 0 aliphatic rings. The van der Waals surface area contributed by atoms with Crippen molar-refractivity contribution in [1.82, 2.24) is 15.3 Å². The predicted molar refractivity (Wildman–Crippen MR) is 71.2 cm³/mol. The summed E-state index contributed by atoms with van der Waals surface area (Å²) in [6.07, 6.45) is 2.89. The van der Waals surface area contributed by atoms with Crippen LogP contribution in [-0.4, -0.2) is 16.5 Å². The van der Waals surface area contributed by atoms with Crippen molar-refractivity contribution in [2.75, 3.05) is 6.54 Å². The Labute approximate surface area is 106 Å². The van der Waals surface area contributed by atoms with Crippen molar-refractivity contribution in [3.8, 4) is 0 Å². The quantitative estimate of drug-likeness (QED) is 0.825. The van der Waals surface area contributed by atoms with Crippen molar-refractivity contribution in [2.24, 2.45) is 0 Å². The van der Waals surface area contributed by atoms with E-state index in [-0.39, 0.29) is 0 Å². The maximum Gasteiger partial charge on any atom is 0.0940 e. The number of hydrogen-bond acceptors (Lipinski definition) is 4. The van der Waals surface area contributed by atoms with Crippen LogP contribution in [0.15, 0.2) is 23.7 Å². The smallest absolute Gasteiger partial charge is 0.0940 e. The first-order valence-corrected chi connectivity index (χ1v) is 6.65. The van der Waals surface area contributed by atoms with Gasteiger partial charge in [0.1, 0.15) is 0 Å². The van der Waals surface area contributed by atoms with Crippen LogP contribution < -0.4 is 5.32 Å². The lowest BCUT2D eigenvalue weighted by molar-refractivity contribution is 0.672. The average Bonchev–Trinajstić information content (AvgIpc) is 2.73. The Morgan fingerprint density at radius 2 is 2.18 bits per heavy atom. The van der Waals surface area contributed by atoms with Crippen molar-refractivity contribution >= 4 is 11.3 Å². The van der Waals surface area contributed by atoms with Gasteiger partial charge in [-0.2, -0.15) is 0 Å². The van der Waals surface area contributed by atoms with E-state index < -0.39 is 0 Å². The molecular formula is C13H17N3S. The summed E-state index contributed by atoms with van der Waals surface area (Å²) in [7, 11) is 0. The van der Waals surface area contributed by atoms with Gasteiger partial charge in [0, 0.05) is 36.8 Å². The van der Waals surface area contributed by atoms with E-state index in [1.165, 1.54) is 10.6 Å². The summed E-state index contributed by atoms with van der Waals surface area (Å²) in [5.74, 6) is 0. The molecule has 2 rings (SSSR count). The van der Waals surface area contributed by atoms with Crippen LogP contribution in [0.3, 0.4) is 0 Å². The van der Waals surface area contributed by atoms with Crippen LogP contribution in [0.2, 0.25) is 0 Å². The van der Waals surface area contributed by atoms with E-state index in [9.17, 15) is 0 Å². The molecule has 2 aromatic rings. The molecule has 0 aromatic carbocycles.